The van der Waals surface area contributed by atoms with Crippen molar-refractivity contribution in [1.29, 1.82) is 0 Å². The van der Waals surface area contributed by atoms with Crippen molar-refractivity contribution in [1.82, 2.24) is 0 Å². The molecule has 0 aliphatic rings. The molecule has 2 N–H and O–H groups in total. The molecule has 1 aromatic carbocycles. The van der Waals surface area contributed by atoms with E-state index in [2.05, 4.69) is 9.41 Å². The van der Waals surface area contributed by atoms with Gasteiger partial charge in [0.05, 0.1) is 12.3 Å². The molecule has 0 atom stereocenters. The number of carbonyl (C=O) groups excluding carboxylic acids is 1. The SMILES string of the molecule is CC(=O)c1c(O)oc(=O)c(C(C)=NCc2ccccc2)c1O. The number of aromatic hydroxyl groups is 2. The second-order valence-electron chi connectivity index (χ2n) is 4.74. The zero-order valence-corrected chi connectivity index (χ0v) is 12.2. The molecular weight excluding hydrogens is 286 g/mol. The number of nitrogens with zero attached hydrogens (tertiary/aromatic N) is 1. The van der Waals surface area contributed by atoms with Crippen LogP contribution in [0, 0.1) is 0 Å². The van der Waals surface area contributed by atoms with Crippen LogP contribution in [0.1, 0.15) is 35.3 Å². The Bertz CT molecular complexity index is 790. The van der Waals surface area contributed by atoms with Crippen molar-refractivity contribution in [2.24, 2.45) is 4.99 Å². The van der Waals surface area contributed by atoms with Crippen LogP contribution in [0.2, 0.25) is 0 Å². The normalized spacial score (nSPS) is 11.5. The van der Waals surface area contributed by atoms with E-state index in [0.29, 0.717) is 6.54 Å². The summed E-state index contributed by atoms with van der Waals surface area (Å²) in [5.41, 5.74) is -0.453. The fourth-order valence-electron chi connectivity index (χ4n) is 2.02. The Morgan fingerprint density at radius 2 is 1.77 bits per heavy atom. The van der Waals surface area contributed by atoms with E-state index in [1.165, 1.54) is 6.92 Å². The van der Waals surface area contributed by atoms with Gasteiger partial charge in [0.2, 0.25) is 0 Å². The third-order valence-electron chi connectivity index (χ3n) is 3.14. The Balaban J connectivity index is 2.46. The summed E-state index contributed by atoms with van der Waals surface area (Å²) in [5, 5.41) is 19.5. The number of Topliss-reactive ketones (excluding diaryl/α,β-unsaturated/α-hetero) is 1. The summed E-state index contributed by atoms with van der Waals surface area (Å²) in [5.74, 6) is -2.12. The maximum atomic E-state index is 11.8. The van der Waals surface area contributed by atoms with Gasteiger partial charge in [0, 0.05) is 0 Å². The number of ketones is 1. The molecule has 2 rings (SSSR count). The number of rotatable bonds is 4. The summed E-state index contributed by atoms with van der Waals surface area (Å²) < 4.78 is 4.59. The van der Waals surface area contributed by atoms with Crippen LogP contribution in [0.15, 0.2) is 44.5 Å². The fourth-order valence-corrected chi connectivity index (χ4v) is 2.02. The van der Waals surface area contributed by atoms with E-state index < -0.39 is 28.7 Å². The van der Waals surface area contributed by atoms with Crippen LogP contribution in [0.4, 0.5) is 0 Å². The second-order valence-corrected chi connectivity index (χ2v) is 4.74. The molecule has 0 aliphatic carbocycles. The molecule has 1 heterocycles. The van der Waals surface area contributed by atoms with E-state index in [1.54, 1.807) is 0 Å². The highest BCUT2D eigenvalue weighted by Crippen LogP contribution is 2.28. The fraction of sp³-hybridized carbons (Fsp3) is 0.188. The zero-order chi connectivity index (χ0) is 16.3. The van der Waals surface area contributed by atoms with Gasteiger partial charge in [-0.05, 0) is 19.4 Å². The average molecular weight is 301 g/mol. The summed E-state index contributed by atoms with van der Waals surface area (Å²) in [6.07, 6.45) is 0. The molecule has 1 aromatic heterocycles. The van der Waals surface area contributed by atoms with Crippen molar-refractivity contribution < 1.29 is 19.4 Å². The van der Waals surface area contributed by atoms with Crippen LogP contribution in [0.25, 0.3) is 0 Å². The molecule has 0 radical (unpaired) electrons. The summed E-state index contributed by atoms with van der Waals surface area (Å²) in [7, 11) is 0. The van der Waals surface area contributed by atoms with Crippen LogP contribution in [0.5, 0.6) is 11.7 Å². The molecule has 22 heavy (non-hydrogen) atoms. The van der Waals surface area contributed by atoms with Crippen molar-refractivity contribution in [3.05, 3.63) is 57.4 Å². The van der Waals surface area contributed by atoms with E-state index in [-0.39, 0.29) is 11.3 Å². The lowest BCUT2D eigenvalue weighted by Crippen LogP contribution is -2.15. The maximum Gasteiger partial charge on any atom is 0.351 e. The molecule has 6 nitrogen and oxygen atoms in total. The van der Waals surface area contributed by atoms with Crippen LogP contribution in [-0.2, 0) is 6.54 Å². The van der Waals surface area contributed by atoms with Gasteiger partial charge in [-0.1, -0.05) is 30.3 Å². The number of hydrogen-bond acceptors (Lipinski definition) is 6. The molecule has 0 saturated carbocycles. The van der Waals surface area contributed by atoms with E-state index in [4.69, 9.17) is 0 Å². The molecule has 114 valence electrons. The van der Waals surface area contributed by atoms with Gasteiger partial charge in [-0.15, -0.1) is 0 Å². The minimum absolute atomic E-state index is 0.220. The van der Waals surface area contributed by atoms with Crippen LogP contribution in [0.3, 0.4) is 0 Å². The topological polar surface area (TPSA) is 100 Å². The second kappa shape index (κ2) is 6.26. The van der Waals surface area contributed by atoms with Gasteiger partial charge in [-0.2, -0.15) is 0 Å². The highest BCUT2D eigenvalue weighted by molar-refractivity contribution is 6.06. The Kier molecular flexibility index (Phi) is 4.41. The summed E-state index contributed by atoms with van der Waals surface area (Å²) >= 11 is 0. The van der Waals surface area contributed by atoms with Gasteiger partial charge < -0.3 is 14.6 Å². The quantitative estimate of drug-likeness (QED) is 0.666. The standard InChI is InChI=1S/C16H15NO5/c1-9(17-8-11-6-4-3-5-7-11)12-14(19)13(10(2)18)16(21)22-15(12)20/h3-7,19,21H,8H2,1-2H3. The van der Waals surface area contributed by atoms with E-state index >= 15 is 0 Å². The predicted octanol–water partition coefficient (Wildman–Crippen LogP) is 2.26. The van der Waals surface area contributed by atoms with E-state index in [1.807, 2.05) is 30.3 Å². The van der Waals surface area contributed by atoms with E-state index in [0.717, 1.165) is 12.5 Å². The van der Waals surface area contributed by atoms with Crippen LogP contribution < -0.4 is 5.63 Å². The van der Waals surface area contributed by atoms with Gasteiger partial charge >= 0.3 is 5.63 Å². The lowest BCUT2D eigenvalue weighted by molar-refractivity contribution is 0.100. The first-order valence-electron chi connectivity index (χ1n) is 6.57. The molecule has 0 unspecified atom stereocenters. The minimum Gasteiger partial charge on any atom is -0.506 e. The lowest BCUT2D eigenvalue weighted by Gasteiger charge is -2.07. The molecule has 0 spiro atoms. The molecule has 6 heteroatoms. The first-order valence-corrected chi connectivity index (χ1v) is 6.57. The third-order valence-corrected chi connectivity index (χ3v) is 3.14. The molecule has 2 aromatic rings. The van der Waals surface area contributed by atoms with Gasteiger partial charge in [-0.25, -0.2) is 4.79 Å². The van der Waals surface area contributed by atoms with Crippen molar-refractivity contribution >= 4 is 11.5 Å². The number of carbonyl (C=O) groups is 1. The molecule has 0 fully saturated rings. The highest BCUT2D eigenvalue weighted by atomic mass is 16.5. The molecule has 0 aliphatic heterocycles. The number of aliphatic imine (C=N–C) groups is 1. The molecule has 0 bridgehead atoms. The van der Waals surface area contributed by atoms with Crippen LogP contribution in [-0.4, -0.2) is 21.7 Å². The number of hydrogen-bond donors (Lipinski definition) is 2. The highest BCUT2D eigenvalue weighted by Gasteiger charge is 2.23. The minimum atomic E-state index is -0.950. The third kappa shape index (κ3) is 3.06. The Morgan fingerprint density at radius 1 is 1.14 bits per heavy atom. The van der Waals surface area contributed by atoms with Gasteiger partial charge in [0.25, 0.3) is 5.95 Å². The molecule has 0 saturated heterocycles. The lowest BCUT2D eigenvalue weighted by atomic mass is 10.1. The molecular formula is C16H15NO5. The Morgan fingerprint density at radius 3 is 2.36 bits per heavy atom. The summed E-state index contributed by atoms with van der Waals surface area (Å²) in [6, 6.07) is 9.34. The number of benzene rings is 1. The van der Waals surface area contributed by atoms with Crippen molar-refractivity contribution in [3.63, 3.8) is 0 Å². The largest absolute Gasteiger partial charge is 0.506 e. The van der Waals surface area contributed by atoms with E-state index in [9.17, 15) is 19.8 Å². The first-order chi connectivity index (χ1) is 10.4. The summed E-state index contributed by atoms with van der Waals surface area (Å²) in [4.78, 5) is 27.5. The van der Waals surface area contributed by atoms with Crippen molar-refractivity contribution in [2.45, 2.75) is 20.4 Å². The maximum absolute atomic E-state index is 11.8. The van der Waals surface area contributed by atoms with Crippen LogP contribution >= 0.6 is 0 Å². The Labute approximate surface area is 126 Å². The molecule has 0 amide bonds. The Hall–Kier alpha value is -2.89. The van der Waals surface area contributed by atoms with Crippen molar-refractivity contribution in [2.75, 3.05) is 0 Å². The monoisotopic (exact) mass is 301 g/mol. The summed E-state index contributed by atoms with van der Waals surface area (Å²) in [6.45, 7) is 2.98. The predicted molar refractivity (Wildman–Crippen MR) is 80.7 cm³/mol. The zero-order valence-electron chi connectivity index (χ0n) is 12.2. The van der Waals surface area contributed by atoms with Gasteiger partial charge in [0.15, 0.2) is 5.78 Å². The first kappa shape index (κ1) is 15.5. The van der Waals surface area contributed by atoms with Crippen molar-refractivity contribution in [3.8, 4) is 11.7 Å². The average Bonchev–Trinajstić information content (AvgIpc) is 2.45. The van der Waals surface area contributed by atoms with Gasteiger partial charge in [0.1, 0.15) is 16.9 Å². The van der Waals surface area contributed by atoms with Gasteiger partial charge in [-0.3, -0.25) is 9.79 Å². The smallest absolute Gasteiger partial charge is 0.351 e.